The molecule has 1 N–H and O–H groups in total. The Hall–Kier alpha value is -2.30. The van der Waals surface area contributed by atoms with Gasteiger partial charge in [0.05, 0.1) is 34.2 Å². The summed E-state index contributed by atoms with van der Waals surface area (Å²) in [7, 11) is 0. The molecule has 1 aromatic carbocycles. The predicted molar refractivity (Wildman–Crippen MR) is 97.6 cm³/mol. The number of halogens is 2. The fraction of sp³-hybridized carbons (Fsp3) is 0.474. The lowest BCUT2D eigenvalue weighted by Gasteiger charge is -2.49. The molecule has 0 amide bonds. The quantitative estimate of drug-likeness (QED) is 0.782. The van der Waals surface area contributed by atoms with Crippen LogP contribution >= 0.6 is 23.2 Å². The second-order valence-corrected chi connectivity index (χ2v) is 7.67. The topological polar surface area (TPSA) is 114 Å². The van der Waals surface area contributed by atoms with Crippen molar-refractivity contribution in [3.63, 3.8) is 0 Å². The average molecular weight is 403 g/mol. The smallest absolute Gasteiger partial charge is 0.214 e. The van der Waals surface area contributed by atoms with E-state index in [1.165, 1.54) is 0 Å². The molecule has 2 fully saturated rings. The van der Waals surface area contributed by atoms with Gasteiger partial charge in [0, 0.05) is 12.5 Å². The van der Waals surface area contributed by atoms with Crippen LogP contribution in [0.5, 0.6) is 0 Å². The van der Waals surface area contributed by atoms with Crippen molar-refractivity contribution in [2.45, 2.75) is 38.6 Å². The Kier molecular flexibility index (Phi) is 4.61. The summed E-state index contributed by atoms with van der Waals surface area (Å²) in [5.74, 6) is -2.41. The summed E-state index contributed by atoms with van der Waals surface area (Å²) >= 11 is 12.5. The zero-order valence-electron chi connectivity index (χ0n) is 14.7. The summed E-state index contributed by atoms with van der Waals surface area (Å²) in [5.41, 5.74) is -3.50. The highest BCUT2D eigenvalue weighted by molar-refractivity contribution is 6.42. The molecule has 0 aliphatic carbocycles. The largest absolute Gasteiger partial charge is 0.448 e. The van der Waals surface area contributed by atoms with Crippen molar-refractivity contribution in [1.29, 1.82) is 21.2 Å². The fourth-order valence-electron chi connectivity index (χ4n) is 4.32. The number of benzene rings is 1. The number of ether oxygens (including phenoxy) is 2. The van der Waals surface area contributed by atoms with Crippen LogP contribution < -0.4 is 0 Å². The van der Waals surface area contributed by atoms with Crippen molar-refractivity contribution in [2.24, 2.45) is 16.7 Å². The molecule has 27 heavy (non-hydrogen) atoms. The second kappa shape index (κ2) is 6.39. The van der Waals surface area contributed by atoms with E-state index in [2.05, 4.69) is 6.07 Å². The van der Waals surface area contributed by atoms with Gasteiger partial charge in [0.25, 0.3) is 0 Å². The molecule has 2 bridgehead atoms. The predicted octanol–water partition coefficient (Wildman–Crippen LogP) is 4.75. The molecular weight excluding hydrogens is 387 g/mol. The molecule has 2 saturated heterocycles. The van der Waals surface area contributed by atoms with Crippen molar-refractivity contribution in [1.82, 2.24) is 0 Å². The van der Waals surface area contributed by atoms with Gasteiger partial charge in [0.2, 0.25) is 17.1 Å². The van der Waals surface area contributed by atoms with Crippen molar-refractivity contribution in [3.8, 4) is 18.2 Å². The van der Waals surface area contributed by atoms with Gasteiger partial charge in [-0.2, -0.15) is 15.8 Å². The van der Waals surface area contributed by atoms with Crippen LogP contribution in [-0.4, -0.2) is 11.7 Å². The second-order valence-electron chi connectivity index (χ2n) is 6.88. The van der Waals surface area contributed by atoms with E-state index in [4.69, 9.17) is 38.1 Å². The van der Waals surface area contributed by atoms with E-state index in [1.54, 1.807) is 25.1 Å². The van der Waals surface area contributed by atoms with E-state index in [-0.39, 0.29) is 10.0 Å². The van der Waals surface area contributed by atoms with Crippen molar-refractivity contribution in [3.05, 3.63) is 33.8 Å². The van der Waals surface area contributed by atoms with Crippen LogP contribution in [0.15, 0.2) is 18.2 Å². The van der Waals surface area contributed by atoms with E-state index < -0.39 is 34.5 Å². The standard InChI is InChI=1S/C19H16Cl2N4O2/c1-3-5-13-17(2)26-15(11-6-4-7-12(20)14(11)21)18(8-22,9-23)19(13,10-24)16(25)27-17/h4,6-7,13,15,25H,3,5H2,1-2H3. The van der Waals surface area contributed by atoms with Gasteiger partial charge in [-0.3, -0.25) is 5.41 Å². The molecule has 0 aromatic heterocycles. The monoisotopic (exact) mass is 402 g/mol. The van der Waals surface area contributed by atoms with Gasteiger partial charge in [-0.1, -0.05) is 48.7 Å². The van der Waals surface area contributed by atoms with Crippen LogP contribution in [0.3, 0.4) is 0 Å². The van der Waals surface area contributed by atoms with E-state index in [1.807, 2.05) is 19.1 Å². The van der Waals surface area contributed by atoms with Gasteiger partial charge < -0.3 is 9.47 Å². The summed E-state index contributed by atoms with van der Waals surface area (Å²) in [6, 6.07) is 10.9. The van der Waals surface area contributed by atoms with Gasteiger partial charge in [0.15, 0.2) is 5.41 Å². The minimum atomic E-state index is -2.02. The maximum atomic E-state index is 10.1. The first-order valence-electron chi connectivity index (χ1n) is 8.41. The highest BCUT2D eigenvalue weighted by Gasteiger charge is 2.79. The lowest BCUT2D eigenvalue weighted by Crippen LogP contribution is -2.58. The Labute approximate surface area is 167 Å². The molecule has 4 unspecified atom stereocenters. The molecular formula is C19H16Cl2N4O2. The van der Waals surface area contributed by atoms with E-state index >= 15 is 0 Å². The summed E-state index contributed by atoms with van der Waals surface area (Å²) < 4.78 is 11.8. The van der Waals surface area contributed by atoms with Crippen LogP contribution in [0.25, 0.3) is 0 Å². The third-order valence-corrected chi connectivity index (χ3v) is 6.39. The Balaban J connectivity index is 2.36. The number of hydrogen-bond acceptors (Lipinski definition) is 6. The molecule has 6 nitrogen and oxygen atoms in total. The van der Waals surface area contributed by atoms with Crippen molar-refractivity contribution >= 4 is 29.1 Å². The molecule has 2 aliphatic heterocycles. The van der Waals surface area contributed by atoms with Crippen LogP contribution in [0, 0.1) is 56.2 Å². The average Bonchev–Trinajstić information content (AvgIpc) is 2.81. The molecule has 4 atom stereocenters. The Morgan fingerprint density at radius 2 is 1.85 bits per heavy atom. The SMILES string of the molecule is CCCC1C2(C)OC(=N)C1(C#N)C(C#N)(C#N)C(c1cccc(Cl)c1Cl)O2. The van der Waals surface area contributed by atoms with E-state index in [0.717, 1.165) is 0 Å². The maximum absolute atomic E-state index is 10.1. The third kappa shape index (κ3) is 2.23. The molecule has 8 heteroatoms. The zero-order chi connectivity index (χ0) is 20.0. The lowest BCUT2D eigenvalue weighted by molar-refractivity contribution is -0.273. The lowest BCUT2D eigenvalue weighted by atomic mass is 9.53. The normalized spacial score (nSPS) is 33.4. The molecule has 1 aromatic rings. The van der Waals surface area contributed by atoms with E-state index in [9.17, 15) is 15.8 Å². The Bertz CT molecular complexity index is 930. The van der Waals surface area contributed by atoms with Gasteiger partial charge in [-0.25, -0.2) is 0 Å². The van der Waals surface area contributed by atoms with Crippen LogP contribution in [0.1, 0.15) is 38.4 Å². The zero-order valence-corrected chi connectivity index (χ0v) is 16.2. The van der Waals surface area contributed by atoms with Crippen molar-refractivity contribution in [2.75, 3.05) is 0 Å². The molecule has 0 radical (unpaired) electrons. The minimum Gasteiger partial charge on any atom is -0.448 e. The third-order valence-electron chi connectivity index (χ3n) is 5.56. The first-order valence-corrected chi connectivity index (χ1v) is 9.17. The number of fused-ring (bicyclic) bond motifs is 2. The summed E-state index contributed by atoms with van der Waals surface area (Å²) in [5, 5.41) is 39.1. The van der Waals surface area contributed by atoms with Crippen molar-refractivity contribution < 1.29 is 9.47 Å². The Morgan fingerprint density at radius 1 is 1.19 bits per heavy atom. The van der Waals surface area contributed by atoms with E-state index in [0.29, 0.717) is 18.4 Å². The number of hydrogen-bond donors (Lipinski definition) is 1. The minimum absolute atomic E-state index is 0.135. The number of nitrogens with one attached hydrogen (secondary N) is 1. The summed E-state index contributed by atoms with van der Waals surface area (Å²) in [6.07, 6.45) is -0.0912. The van der Waals surface area contributed by atoms with Crippen LogP contribution in [-0.2, 0) is 9.47 Å². The van der Waals surface area contributed by atoms with Gasteiger partial charge >= 0.3 is 0 Å². The highest BCUT2D eigenvalue weighted by Crippen LogP contribution is 2.67. The van der Waals surface area contributed by atoms with Crippen LogP contribution in [0.2, 0.25) is 10.0 Å². The summed E-state index contributed by atoms with van der Waals surface area (Å²) in [6.45, 7) is 3.54. The molecule has 2 heterocycles. The molecule has 0 saturated carbocycles. The maximum Gasteiger partial charge on any atom is 0.214 e. The first-order chi connectivity index (χ1) is 12.8. The summed E-state index contributed by atoms with van der Waals surface area (Å²) in [4.78, 5) is 0. The number of rotatable bonds is 3. The fourth-order valence-corrected chi connectivity index (χ4v) is 4.72. The highest BCUT2D eigenvalue weighted by atomic mass is 35.5. The van der Waals surface area contributed by atoms with Crippen LogP contribution in [0.4, 0.5) is 0 Å². The molecule has 3 rings (SSSR count). The first kappa shape index (κ1) is 19.5. The molecule has 0 spiro atoms. The number of nitrogens with zero attached hydrogens (tertiary/aromatic N) is 3. The molecule has 138 valence electrons. The van der Waals surface area contributed by atoms with Gasteiger partial charge in [0.1, 0.15) is 6.10 Å². The Morgan fingerprint density at radius 3 is 2.41 bits per heavy atom. The molecule has 2 aliphatic rings. The van der Waals surface area contributed by atoms with Gasteiger partial charge in [-0.05, 0) is 12.5 Å². The number of nitriles is 3. The van der Waals surface area contributed by atoms with Gasteiger partial charge in [-0.15, -0.1) is 0 Å².